The van der Waals surface area contributed by atoms with Gasteiger partial charge in [0, 0.05) is 0 Å². The van der Waals surface area contributed by atoms with Gasteiger partial charge in [-0.05, 0) is 50.6 Å². The van der Waals surface area contributed by atoms with E-state index in [2.05, 4.69) is 0 Å². The first-order chi connectivity index (χ1) is 8.58. The Bertz CT molecular complexity index is 409. The molecular weight excluding hydrogens is 237 g/mol. The van der Waals surface area contributed by atoms with E-state index in [0.717, 1.165) is 0 Å². The lowest BCUT2D eigenvalue weighted by molar-refractivity contribution is -0.150. The number of carbonyl (C=O) groups is 1. The van der Waals surface area contributed by atoms with Crippen molar-refractivity contribution in [3.05, 3.63) is 29.6 Å². The molecule has 1 unspecified atom stereocenters. The molecule has 0 aliphatic heterocycles. The molecule has 1 aromatic rings. The van der Waals surface area contributed by atoms with Crippen molar-refractivity contribution in [2.75, 3.05) is 13.2 Å². The monoisotopic (exact) mass is 255 g/mol. The average Bonchev–Trinajstić information content (AvgIpc) is 2.33. The molecule has 0 saturated carbocycles. The van der Waals surface area contributed by atoms with Crippen LogP contribution in [-0.2, 0) is 16.0 Å². The fourth-order valence-corrected chi connectivity index (χ4v) is 1.51. The highest BCUT2D eigenvalue weighted by Gasteiger charge is 2.17. The number of esters is 1. The van der Waals surface area contributed by atoms with E-state index in [1.165, 1.54) is 18.2 Å². The van der Waals surface area contributed by atoms with Crippen LogP contribution in [0.4, 0.5) is 4.39 Å². The zero-order valence-electron chi connectivity index (χ0n) is 10.6. The normalized spacial score (nSPS) is 12.0. The quantitative estimate of drug-likeness (QED) is 0.785. The summed E-state index contributed by atoms with van der Waals surface area (Å²) in [5, 5.41) is 0. The molecule has 0 bridgehead atoms. The Labute approximate surface area is 106 Å². The van der Waals surface area contributed by atoms with Gasteiger partial charge in [0.1, 0.15) is 11.6 Å². The minimum Gasteiger partial charge on any atom is -0.479 e. The molecule has 0 aliphatic rings. The zero-order valence-corrected chi connectivity index (χ0v) is 10.6. The third kappa shape index (κ3) is 4.00. The van der Waals surface area contributed by atoms with Gasteiger partial charge in [-0.25, -0.2) is 9.18 Å². The van der Waals surface area contributed by atoms with E-state index >= 15 is 0 Å². The van der Waals surface area contributed by atoms with E-state index in [-0.39, 0.29) is 5.82 Å². The molecule has 5 heteroatoms. The van der Waals surface area contributed by atoms with Crippen molar-refractivity contribution in [2.24, 2.45) is 5.73 Å². The third-order valence-electron chi connectivity index (χ3n) is 2.36. The number of halogens is 1. The highest BCUT2D eigenvalue weighted by Crippen LogP contribution is 2.21. The van der Waals surface area contributed by atoms with Crippen LogP contribution in [0.3, 0.4) is 0 Å². The molecular formula is C13H18FNO3. The van der Waals surface area contributed by atoms with E-state index in [0.29, 0.717) is 30.9 Å². The van der Waals surface area contributed by atoms with Crippen LogP contribution in [0, 0.1) is 5.82 Å². The van der Waals surface area contributed by atoms with Crippen LogP contribution in [0.5, 0.6) is 5.75 Å². The highest BCUT2D eigenvalue weighted by molar-refractivity contribution is 5.74. The number of benzene rings is 1. The lowest BCUT2D eigenvalue weighted by Crippen LogP contribution is -2.26. The van der Waals surface area contributed by atoms with E-state index in [1.807, 2.05) is 0 Å². The van der Waals surface area contributed by atoms with Gasteiger partial charge in [-0.15, -0.1) is 0 Å². The maximum absolute atomic E-state index is 13.1. The van der Waals surface area contributed by atoms with Gasteiger partial charge in [0.2, 0.25) is 0 Å². The number of carbonyl (C=O) groups excluding carboxylic acids is 1. The topological polar surface area (TPSA) is 61.5 Å². The molecule has 2 N–H and O–H groups in total. The summed E-state index contributed by atoms with van der Waals surface area (Å²) in [6.07, 6.45) is -0.241. The van der Waals surface area contributed by atoms with E-state index in [9.17, 15) is 9.18 Å². The molecule has 0 amide bonds. The van der Waals surface area contributed by atoms with Crippen LogP contribution in [0.2, 0.25) is 0 Å². The number of hydrogen-bond donors (Lipinski definition) is 1. The Morgan fingerprint density at radius 1 is 1.50 bits per heavy atom. The minimum atomic E-state index is -0.730. The van der Waals surface area contributed by atoms with Gasteiger partial charge in [-0.3, -0.25) is 0 Å². The largest absolute Gasteiger partial charge is 0.479 e. The maximum atomic E-state index is 13.1. The molecule has 0 fully saturated rings. The molecule has 1 atom stereocenters. The van der Waals surface area contributed by atoms with Crippen molar-refractivity contribution in [1.82, 2.24) is 0 Å². The first-order valence-electron chi connectivity index (χ1n) is 5.90. The molecule has 0 aromatic heterocycles. The lowest BCUT2D eigenvalue weighted by Gasteiger charge is -2.16. The van der Waals surface area contributed by atoms with Crippen LogP contribution in [0.1, 0.15) is 19.4 Å². The van der Waals surface area contributed by atoms with Crippen LogP contribution < -0.4 is 10.5 Å². The summed E-state index contributed by atoms with van der Waals surface area (Å²) in [5.74, 6) is -0.336. The molecule has 1 rings (SSSR count). The first-order valence-corrected chi connectivity index (χ1v) is 5.90. The molecule has 100 valence electrons. The molecule has 1 aromatic carbocycles. The van der Waals surface area contributed by atoms with Crippen molar-refractivity contribution in [3.63, 3.8) is 0 Å². The Balaban J connectivity index is 2.79. The predicted molar refractivity (Wildman–Crippen MR) is 65.9 cm³/mol. The van der Waals surface area contributed by atoms with Crippen molar-refractivity contribution in [1.29, 1.82) is 0 Å². The van der Waals surface area contributed by atoms with Crippen molar-refractivity contribution in [3.8, 4) is 5.75 Å². The fraction of sp³-hybridized carbons (Fsp3) is 0.462. The summed E-state index contributed by atoms with van der Waals surface area (Å²) in [6, 6.07) is 4.14. The van der Waals surface area contributed by atoms with Crippen LogP contribution in [-0.4, -0.2) is 25.2 Å². The summed E-state index contributed by atoms with van der Waals surface area (Å²) in [4.78, 5) is 11.4. The minimum absolute atomic E-state index is 0.297. The summed E-state index contributed by atoms with van der Waals surface area (Å²) in [5.41, 5.74) is 6.10. The second-order valence-electron chi connectivity index (χ2n) is 3.80. The van der Waals surface area contributed by atoms with E-state index in [4.69, 9.17) is 15.2 Å². The fourth-order valence-electron chi connectivity index (χ4n) is 1.51. The van der Waals surface area contributed by atoms with E-state index in [1.54, 1.807) is 13.8 Å². The average molecular weight is 255 g/mol. The molecule has 4 nitrogen and oxygen atoms in total. The SMILES string of the molecule is CCOC(=O)C(C)Oc1ccc(F)cc1CCN. The predicted octanol–water partition coefficient (Wildman–Crippen LogP) is 1.66. The van der Waals surface area contributed by atoms with Gasteiger partial charge in [-0.2, -0.15) is 0 Å². The number of hydrogen-bond acceptors (Lipinski definition) is 4. The Morgan fingerprint density at radius 3 is 2.83 bits per heavy atom. The number of nitrogens with two attached hydrogens (primary N) is 1. The van der Waals surface area contributed by atoms with Crippen LogP contribution in [0.25, 0.3) is 0 Å². The second-order valence-corrected chi connectivity index (χ2v) is 3.80. The smallest absolute Gasteiger partial charge is 0.347 e. The Kier molecular flexibility index (Phi) is 5.58. The van der Waals surface area contributed by atoms with Crippen molar-refractivity contribution in [2.45, 2.75) is 26.4 Å². The van der Waals surface area contributed by atoms with Crippen LogP contribution >= 0.6 is 0 Å². The summed E-state index contributed by atoms with van der Waals surface area (Å²) in [7, 11) is 0. The summed E-state index contributed by atoms with van der Waals surface area (Å²) in [6.45, 7) is 4.00. The summed E-state index contributed by atoms with van der Waals surface area (Å²) < 4.78 is 23.4. The third-order valence-corrected chi connectivity index (χ3v) is 2.36. The van der Waals surface area contributed by atoms with Gasteiger partial charge >= 0.3 is 5.97 Å². The first kappa shape index (κ1) is 14.4. The van der Waals surface area contributed by atoms with Crippen molar-refractivity contribution >= 4 is 5.97 Å². The molecule has 0 saturated heterocycles. The molecule has 18 heavy (non-hydrogen) atoms. The van der Waals surface area contributed by atoms with Crippen LogP contribution in [0.15, 0.2) is 18.2 Å². The highest BCUT2D eigenvalue weighted by atomic mass is 19.1. The zero-order chi connectivity index (χ0) is 13.5. The lowest BCUT2D eigenvalue weighted by atomic mass is 10.1. The van der Waals surface area contributed by atoms with Crippen molar-refractivity contribution < 1.29 is 18.7 Å². The second kappa shape index (κ2) is 6.96. The number of ether oxygens (including phenoxy) is 2. The van der Waals surface area contributed by atoms with Gasteiger partial charge < -0.3 is 15.2 Å². The summed E-state index contributed by atoms with van der Waals surface area (Å²) >= 11 is 0. The molecule has 0 radical (unpaired) electrons. The van der Waals surface area contributed by atoms with Gasteiger partial charge in [0.25, 0.3) is 0 Å². The van der Waals surface area contributed by atoms with Gasteiger partial charge in [-0.1, -0.05) is 0 Å². The standard InChI is InChI=1S/C13H18FNO3/c1-3-17-13(16)9(2)18-12-5-4-11(14)8-10(12)6-7-15/h4-5,8-9H,3,6-7,15H2,1-2H3. The molecule has 0 aliphatic carbocycles. The Hall–Kier alpha value is -1.62. The number of rotatable bonds is 6. The van der Waals surface area contributed by atoms with Gasteiger partial charge in [0.05, 0.1) is 6.61 Å². The van der Waals surface area contributed by atoms with E-state index < -0.39 is 12.1 Å². The maximum Gasteiger partial charge on any atom is 0.347 e. The molecule has 0 spiro atoms. The van der Waals surface area contributed by atoms with Gasteiger partial charge in [0.15, 0.2) is 6.10 Å². The molecule has 0 heterocycles. The Morgan fingerprint density at radius 2 is 2.22 bits per heavy atom.